The van der Waals surface area contributed by atoms with Crippen LogP contribution in [0.1, 0.15) is 22.7 Å². The van der Waals surface area contributed by atoms with Gasteiger partial charge in [0.15, 0.2) is 0 Å². The molecule has 0 aromatic heterocycles. The van der Waals surface area contributed by atoms with Gasteiger partial charge in [-0.05, 0) is 53.9 Å². The molecule has 1 unspecified atom stereocenters. The highest BCUT2D eigenvalue weighted by Crippen LogP contribution is 2.40. The highest BCUT2D eigenvalue weighted by molar-refractivity contribution is 6.46. The summed E-state index contributed by atoms with van der Waals surface area (Å²) in [5.74, 6) is -0.952. The summed E-state index contributed by atoms with van der Waals surface area (Å²) in [5.41, 5.74) is 2.20. The van der Waals surface area contributed by atoms with E-state index >= 15 is 0 Å². The number of ether oxygens (including phenoxy) is 1. The van der Waals surface area contributed by atoms with Gasteiger partial charge in [-0.25, -0.2) is 0 Å². The number of Topliss-reactive ketones (excluding diaryl/α,β-unsaturated/α-hetero) is 1. The average molecular weight is 448 g/mol. The lowest BCUT2D eigenvalue weighted by molar-refractivity contribution is -0.139. The van der Waals surface area contributed by atoms with E-state index < -0.39 is 17.7 Å². The van der Waals surface area contributed by atoms with Crippen molar-refractivity contribution in [2.24, 2.45) is 0 Å². The van der Waals surface area contributed by atoms with Crippen LogP contribution < -0.4 is 4.74 Å². The van der Waals surface area contributed by atoms with Crippen LogP contribution in [0.4, 0.5) is 0 Å². The van der Waals surface area contributed by atoms with Gasteiger partial charge in [0, 0.05) is 17.1 Å². The van der Waals surface area contributed by atoms with Crippen molar-refractivity contribution < 1.29 is 19.4 Å². The molecule has 1 atom stereocenters. The van der Waals surface area contributed by atoms with E-state index in [0.29, 0.717) is 34.9 Å². The zero-order valence-corrected chi connectivity index (χ0v) is 18.3. The van der Waals surface area contributed by atoms with Crippen molar-refractivity contribution in [1.82, 2.24) is 4.90 Å². The Labute approximate surface area is 191 Å². The van der Waals surface area contributed by atoms with Crippen LogP contribution >= 0.6 is 11.6 Å². The number of halogens is 1. The van der Waals surface area contributed by atoms with E-state index in [2.05, 4.69) is 0 Å². The van der Waals surface area contributed by atoms with Crippen LogP contribution in [0.2, 0.25) is 5.02 Å². The van der Waals surface area contributed by atoms with Gasteiger partial charge >= 0.3 is 0 Å². The number of benzene rings is 3. The van der Waals surface area contributed by atoms with Gasteiger partial charge in [0.25, 0.3) is 11.7 Å². The van der Waals surface area contributed by atoms with Gasteiger partial charge in [-0.15, -0.1) is 0 Å². The third kappa shape index (κ3) is 4.25. The van der Waals surface area contributed by atoms with Gasteiger partial charge in [-0.2, -0.15) is 0 Å². The standard InChI is InChI=1S/C26H22ClNO4/c1-32-21-12-10-18(11-13-21)24(29)22-23(19-8-5-9-20(27)16-19)28(26(31)25(22)30)15-14-17-6-3-2-4-7-17/h2-13,16,23,29H,14-15H2,1H3/b24-22+. The number of nitrogens with zero attached hydrogens (tertiary/aromatic N) is 1. The van der Waals surface area contributed by atoms with Crippen molar-refractivity contribution >= 4 is 29.1 Å². The molecule has 0 bridgehead atoms. The van der Waals surface area contributed by atoms with Gasteiger partial charge in [0.05, 0.1) is 18.7 Å². The summed E-state index contributed by atoms with van der Waals surface area (Å²) in [4.78, 5) is 27.6. The van der Waals surface area contributed by atoms with E-state index in [1.165, 1.54) is 4.90 Å². The normalized spacial score (nSPS) is 17.6. The Morgan fingerprint density at radius 1 is 1.00 bits per heavy atom. The third-order valence-electron chi connectivity index (χ3n) is 5.55. The smallest absolute Gasteiger partial charge is 0.295 e. The highest BCUT2D eigenvalue weighted by Gasteiger charge is 2.45. The number of amides is 1. The van der Waals surface area contributed by atoms with Gasteiger partial charge in [0.1, 0.15) is 11.5 Å². The van der Waals surface area contributed by atoms with Crippen LogP contribution in [0.25, 0.3) is 5.76 Å². The molecule has 1 N–H and O–H groups in total. The molecular weight excluding hydrogens is 426 g/mol. The fourth-order valence-corrected chi connectivity index (χ4v) is 4.13. The van der Waals surface area contributed by atoms with Crippen molar-refractivity contribution in [1.29, 1.82) is 0 Å². The number of carbonyl (C=O) groups is 2. The Bertz CT molecular complexity index is 1170. The molecule has 5 nitrogen and oxygen atoms in total. The predicted molar refractivity (Wildman–Crippen MR) is 124 cm³/mol. The monoisotopic (exact) mass is 447 g/mol. The van der Waals surface area contributed by atoms with Crippen molar-refractivity contribution in [2.75, 3.05) is 13.7 Å². The molecule has 0 spiro atoms. The first-order valence-electron chi connectivity index (χ1n) is 10.2. The summed E-state index contributed by atoms with van der Waals surface area (Å²) >= 11 is 6.21. The van der Waals surface area contributed by atoms with Crippen LogP contribution in [0.5, 0.6) is 5.75 Å². The number of rotatable bonds is 6. The minimum atomic E-state index is -0.737. The molecule has 0 radical (unpaired) electrons. The number of aliphatic hydroxyl groups is 1. The maximum Gasteiger partial charge on any atom is 0.295 e. The first-order valence-corrected chi connectivity index (χ1v) is 10.6. The topological polar surface area (TPSA) is 66.8 Å². The quantitative estimate of drug-likeness (QED) is 0.327. The van der Waals surface area contributed by atoms with Crippen LogP contribution in [-0.2, 0) is 16.0 Å². The number of likely N-dealkylation sites (tertiary alicyclic amines) is 1. The molecular formula is C26H22ClNO4. The molecule has 1 saturated heterocycles. The number of carbonyl (C=O) groups excluding carboxylic acids is 2. The third-order valence-corrected chi connectivity index (χ3v) is 5.79. The molecule has 6 heteroatoms. The first kappa shape index (κ1) is 21.7. The second kappa shape index (κ2) is 9.28. The van der Waals surface area contributed by atoms with Crippen LogP contribution in [-0.4, -0.2) is 35.4 Å². The fraction of sp³-hybridized carbons (Fsp3) is 0.154. The molecule has 1 aliphatic heterocycles. The zero-order valence-electron chi connectivity index (χ0n) is 17.5. The van der Waals surface area contributed by atoms with Gasteiger partial charge in [-0.3, -0.25) is 9.59 Å². The predicted octanol–water partition coefficient (Wildman–Crippen LogP) is 5.01. The Morgan fingerprint density at radius 3 is 2.38 bits per heavy atom. The van der Waals surface area contributed by atoms with E-state index in [9.17, 15) is 14.7 Å². The maximum absolute atomic E-state index is 13.1. The maximum atomic E-state index is 13.1. The lowest BCUT2D eigenvalue weighted by Gasteiger charge is -2.25. The van der Waals surface area contributed by atoms with E-state index in [-0.39, 0.29) is 11.3 Å². The SMILES string of the molecule is COc1ccc(/C(O)=C2\C(=O)C(=O)N(CCc3ccccc3)C2c2cccc(Cl)c2)cc1. The second-order valence-electron chi connectivity index (χ2n) is 7.51. The first-order chi connectivity index (χ1) is 15.5. The zero-order chi connectivity index (χ0) is 22.7. The van der Waals surface area contributed by atoms with Crippen molar-refractivity contribution in [3.05, 3.63) is 106 Å². The summed E-state index contributed by atoms with van der Waals surface area (Å²) in [7, 11) is 1.55. The average Bonchev–Trinajstić information content (AvgIpc) is 3.08. The summed E-state index contributed by atoms with van der Waals surface area (Å²) < 4.78 is 5.17. The number of ketones is 1. The van der Waals surface area contributed by atoms with Gasteiger partial charge < -0.3 is 14.7 Å². The molecule has 1 amide bonds. The molecule has 32 heavy (non-hydrogen) atoms. The molecule has 3 aromatic rings. The van der Waals surface area contributed by atoms with E-state index in [4.69, 9.17) is 16.3 Å². The molecule has 4 rings (SSSR count). The van der Waals surface area contributed by atoms with Gasteiger partial charge in [0.2, 0.25) is 0 Å². The fourth-order valence-electron chi connectivity index (χ4n) is 3.93. The number of hydrogen-bond donors (Lipinski definition) is 1. The summed E-state index contributed by atoms with van der Waals surface area (Å²) in [6.45, 7) is 0.325. The van der Waals surface area contributed by atoms with E-state index in [1.54, 1.807) is 55.6 Å². The Morgan fingerprint density at radius 2 is 1.72 bits per heavy atom. The van der Waals surface area contributed by atoms with Crippen LogP contribution in [0.3, 0.4) is 0 Å². The molecule has 0 aliphatic carbocycles. The number of hydrogen-bond acceptors (Lipinski definition) is 4. The summed E-state index contributed by atoms with van der Waals surface area (Å²) in [6, 6.07) is 22.7. The van der Waals surface area contributed by atoms with E-state index in [0.717, 1.165) is 5.56 Å². The second-order valence-corrected chi connectivity index (χ2v) is 7.95. The minimum Gasteiger partial charge on any atom is -0.507 e. The summed E-state index contributed by atoms with van der Waals surface area (Å²) in [5, 5.41) is 11.6. The molecule has 162 valence electrons. The number of aliphatic hydroxyl groups excluding tert-OH is 1. The van der Waals surface area contributed by atoms with Crippen molar-refractivity contribution in [3.63, 3.8) is 0 Å². The lowest BCUT2D eigenvalue weighted by Crippen LogP contribution is -2.31. The molecule has 1 aliphatic rings. The molecule has 1 heterocycles. The van der Waals surface area contributed by atoms with Gasteiger partial charge in [-0.1, -0.05) is 54.1 Å². The summed E-state index contributed by atoms with van der Waals surface area (Å²) in [6.07, 6.45) is 0.577. The largest absolute Gasteiger partial charge is 0.507 e. The van der Waals surface area contributed by atoms with Crippen LogP contribution in [0, 0.1) is 0 Å². The molecule has 0 saturated carbocycles. The molecule has 1 fully saturated rings. The van der Waals surface area contributed by atoms with Crippen LogP contribution in [0.15, 0.2) is 84.4 Å². The van der Waals surface area contributed by atoms with Crippen molar-refractivity contribution in [3.8, 4) is 5.75 Å². The van der Waals surface area contributed by atoms with E-state index in [1.807, 2.05) is 30.3 Å². The highest BCUT2D eigenvalue weighted by atomic mass is 35.5. The lowest BCUT2D eigenvalue weighted by atomic mass is 9.95. The molecule has 3 aromatic carbocycles. The van der Waals surface area contributed by atoms with Crippen molar-refractivity contribution in [2.45, 2.75) is 12.5 Å². The Kier molecular flexibility index (Phi) is 6.28. The Balaban J connectivity index is 1.78. The number of methoxy groups -OCH3 is 1. The minimum absolute atomic E-state index is 0.0514. The Hall–Kier alpha value is -3.57.